The maximum absolute atomic E-state index is 4.05. The van der Waals surface area contributed by atoms with E-state index in [1.54, 1.807) is 16.9 Å². The lowest BCUT2D eigenvalue weighted by Gasteiger charge is -2.03. The normalized spacial score (nSPS) is 15.9. The summed E-state index contributed by atoms with van der Waals surface area (Å²) in [4.78, 5) is 5.37. The van der Waals surface area contributed by atoms with Gasteiger partial charge in [-0.3, -0.25) is 4.98 Å². The molecule has 0 aliphatic heterocycles. The molecule has 0 unspecified atom stereocenters. The summed E-state index contributed by atoms with van der Waals surface area (Å²) < 4.78 is 0. The van der Waals surface area contributed by atoms with E-state index in [2.05, 4.69) is 16.4 Å². The van der Waals surface area contributed by atoms with Crippen LogP contribution < -0.4 is 5.32 Å². The van der Waals surface area contributed by atoms with Gasteiger partial charge in [-0.25, -0.2) is 0 Å². The molecular formula is C11H16N2S. The molecule has 1 aromatic heterocycles. The van der Waals surface area contributed by atoms with Gasteiger partial charge in [0.1, 0.15) is 0 Å². The molecule has 1 heterocycles. The van der Waals surface area contributed by atoms with Crippen molar-refractivity contribution < 1.29 is 0 Å². The Morgan fingerprint density at radius 3 is 3.21 bits per heavy atom. The molecule has 1 aliphatic carbocycles. The van der Waals surface area contributed by atoms with Gasteiger partial charge in [0.05, 0.1) is 5.51 Å². The summed E-state index contributed by atoms with van der Waals surface area (Å²) in [5.74, 6) is 0. The Bertz CT molecular complexity index is 290. The van der Waals surface area contributed by atoms with Crippen LogP contribution in [-0.4, -0.2) is 11.5 Å². The average molecular weight is 208 g/mol. The third-order valence-electron chi connectivity index (χ3n) is 2.54. The maximum atomic E-state index is 4.05. The van der Waals surface area contributed by atoms with Crippen LogP contribution in [0.2, 0.25) is 0 Å². The van der Waals surface area contributed by atoms with Crippen LogP contribution >= 0.6 is 11.3 Å². The molecule has 2 rings (SSSR count). The average Bonchev–Trinajstić information content (AvgIpc) is 2.86. The third-order valence-corrected chi connectivity index (χ3v) is 3.32. The van der Waals surface area contributed by atoms with Gasteiger partial charge in [0.15, 0.2) is 0 Å². The largest absolute Gasteiger partial charge is 0.311 e. The fourth-order valence-corrected chi connectivity index (χ4v) is 2.32. The van der Waals surface area contributed by atoms with E-state index < -0.39 is 0 Å². The predicted molar refractivity (Wildman–Crippen MR) is 60.4 cm³/mol. The predicted octanol–water partition coefficient (Wildman–Crippen LogP) is 2.73. The van der Waals surface area contributed by atoms with Crippen LogP contribution in [0.5, 0.6) is 0 Å². The lowest BCUT2D eigenvalue weighted by Crippen LogP contribution is -2.14. The van der Waals surface area contributed by atoms with Gasteiger partial charge in [-0.2, -0.15) is 0 Å². The second kappa shape index (κ2) is 5.27. The number of nitrogens with one attached hydrogen (secondary N) is 1. The molecule has 3 heteroatoms. The summed E-state index contributed by atoms with van der Waals surface area (Å²) in [6.45, 7) is 2.07. The van der Waals surface area contributed by atoms with Crippen molar-refractivity contribution in [1.29, 1.82) is 0 Å². The van der Waals surface area contributed by atoms with Gasteiger partial charge in [-0.1, -0.05) is 11.6 Å². The summed E-state index contributed by atoms with van der Waals surface area (Å²) in [5, 5.41) is 3.44. The van der Waals surface area contributed by atoms with Crippen molar-refractivity contribution in [3.8, 4) is 0 Å². The highest BCUT2D eigenvalue weighted by atomic mass is 32.1. The van der Waals surface area contributed by atoms with Crippen molar-refractivity contribution in [2.24, 2.45) is 0 Å². The Kier molecular flexibility index (Phi) is 3.72. The molecule has 2 nitrogen and oxygen atoms in total. The van der Waals surface area contributed by atoms with Crippen LogP contribution in [0.3, 0.4) is 0 Å². The van der Waals surface area contributed by atoms with Crippen molar-refractivity contribution in [3.63, 3.8) is 0 Å². The molecule has 14 heavy (non-hydrogen) atoms. The highest BCUT2D eigenvalue weighted by Gasteiger charge is 2.03. The van der Waals surface area contributed by atoms with E-state index in [1.807, 2.05) is 11.7 Å². The Morgan fingerprint density at radius 2 is 2.50 bits per heavy atom. The molecule has 0 spiro atoms. The molecule has 0 aromatic carbocycles. The Labute approximate surface area is 89.1 Å². The molecule has 1 aromatic rings. The lowest BCUT2D eigenvalue weighted by molar-refractivity contribution is 0.681. The molecule has 0 atom stereocenters. The summed E-state index contributed by atoms with van der Waals surface area (Å²) in [7, 11) is 0. The molecule has 76 valence electrons. The van der Waals surface area contributed by atoms with Gasteiger partial charge >= 0.3 is 0 Å². The van der Waals surface area contributed by atoms with Gasteiger partial charge in [0.25, 0.3) is 0 Å². The van der Waals surface area contributed by atoms with E-state index in [9.17, 15) is 0 Å². The quantitative estimate of drug-likeness (QED) is 0.594. The monoisotopic (exact) mass is 208 g/mol. The van der Waals surface area contributed by atoms with Crippen molar-refractivity contribution >= 4 is 11.3 Å². The summed E-state index contributed by atoms with van der Waals surface area (Å²) >= 11 is 1.72. The first kappa shape index (κ1) is 9.87. The molecule has 0 saturated carbocycles. The minimum atomic E-state index is 0.970. The number of hydrogen-bond acceptors (Lipinski definition) is 3. The number of rotatable bonds is 5. The molecule has 0 bridgehead atoms. The van der Waals surface area contributed by atoms with Gasteiger partial charge in [-0.05, 0) is 32.2 Å². The van der Waals surface area contributed by atoms with Crippen LogP contribution in [0, 0.1) is 0 Å². The van der Waals surface area contributed by atoms with Crippen LogP contribution in [0.4, 0.5) is 0 Å². The third kappa shape index (κ3) is 2.93. The van der Waals surface area contributed by atoms with Gasteiger partial charge in [-0.15, -0.1) is 11.3 Å². The minimum Gasteiger partial charge on any atom is -0.311 e. The summed E-state index contributed by atoms with van der Waals surface area (Å²) in [5.41, 5.74) is 3.53. The van der Waals surface area contributed by atoms with Gasteiger partial charge in [0, 0.05) is 17.6 Å². The second-order valence-electron chi connectivity index (χ2n) is 3.65. The summed E-state index contributed by atoms with van der Waals surface area (Å²) in [6.07, 6.45) is 9.54. The Morgan fingerprint density at radius 1 is 1.50 bits per heavy atom. The fourth-order valence-electron chi connectivity index (χ4n) is 1.75. The van der Waals surface area contributed by atoms with E-state index in [0.29, 0.717) is 0 Å². The number of hydrogen-bond donors (Lipinski definition) is 1. The van der Waals surface area contributed by atoms with Crippen LogP contribution in [-0.2, 0) is 6.54 Å². The Balaban J connectivity index is 1.59. The van der Waals surface area contributed by atoms with E-state index in [0.717, 1.165) is 13.1 Å². The zero-order chi connectivity index (χ0) is 9.64. The van der Waals surface area contributed by atoms with Crippen molar-refractivity contribution in [1.82, 2.24) is 10.3 Å². The highest BCUT2D eigenvalue weighted by molar-refractivity contribution is 7.09. The molecule has 1 aliphatic rings. The smallest absolute Gasteiger partial charge is 0.0794 e. The number of thiazole rings is 1. The van der Waals surface area contributed by atoms with E-state index in [1.165, 1.54) is 30.6 Å². The fraction of sp³-hybridized carbons (Fsp3) is 0.545. The molecule has 0 fully saturated rings. The summed E-state index contributed by atoms with van der Waals surface area (Å²) in [6, 6.07) is 0. The molecule has 0 amide bonds. The number of aromatic nitrogens is 1. The maximum Gasteiger partial charge on any atom is 0.0794 e. The van der Waals surface area contributed by atoms with E-state index in [-0.39, 0.29) is 0 Å². The van der Waals surface area contributed by atoms with Crippen molar-refractivity contribution in [2.75, 3.05) is 6.54 Å². The van der Waals surface area contributed by atoms with E-state index >= 15 is 0 Å². The first-order valence-corrected chi connectivity index (χ1v) is 6.09. The van der Waals surface area contributed by atoms with Gasteiger partial charge < -0.3 is 5.32 Å². The lowest BCUT2D eigenvalue weighted by atomic mass is 10.2. The highest BCUT2D eigenvalue weighted by Crippen LogP contribution is 2.19. The molecular weight excluding hydrogens is 192 g/mol. The SMILES string of the molecule is C1=C(CCNCc2cncs2)CCC1. The van der Waals surface area contributed by atoms with Crippen LogP contribution in [0.25, 0.3) is 0 Å². The van der Waals surface area contributed by atoms with Crippen LogP contribution in [0.15, 0.2) is 23.4 Å². The minimum absolute atomic E-state index is 0.970. The molecule has 1 N–H and O–H groups in total. The van der Waals surface area contributed by atoms with Gasteiger partial charge in [0.2, 0.25) is 0 Å². The van der Waals surface area contributed by atoms with Crippen molar-refractivity contribution in [3.05, 3.63) is 28.2 Å². The second-order valence-corrected chi connectivity index (χ2v) is 4.62. The topological polar surface area (TPSA) is 24.9 Å². The standard InChI is InChI=1S/C11H16N2S/c1-2-4-10(3-1)5-6-12-7-11-8-13-9-14-11/h3,8-9,12H,1-2,4-7H2. The molecule has 0 radical (unpaired) electrons. The first-order chi connectivity index (χ1) is 6.95. The van der Waals surface area contributed by atoms with Crippen molar-refractivity contribution in [2.45, 2.75) is 32.2 Å². The zero-order valence-electron chi connectivity index (χ0n) is 8.33. The van der Waals surface area contributed by atoms with E-state index in [4.69, 9.17) is 0 Å². The molecule has 0 saturated heterocycles. The van der Waals surface area contributed by atoms with Crippen LogP contribution in [0.1, 0.15) is 30.6 Å². The Hall–Kier alpha value is -0.670. The zero-order valence-corrected chi connectivity index (χ0v) is 9.15. The first-order valence-electron chi connectivity index (χ1n) is 5.21. The number of nitrogens with zero attached hydrogens (tertiary/aromatic N) is 1. The number of allylic oxidation sites excluding steroid dienone is 1.